The van der Waals surface area contributed by atoms with Gasteiger partial charge in [0.25, 0.3) is 0 Å². The van der Waals surface area contributed by atoms with Gasteiger partial charge in [-0.3, -0.25) is 4.90 Å². The Morgan fingerprint density at radius 2 is 2.19 bits per heavy atom. The Morgan fingerprint density at radius 3 is 2.88 bits per heavy atom. The van der Waals surface area contributed by atoms with Gasteiger partial charge >= 0.3 is 6.03 Å². The number of likely N-dealkylation sites (N-methyl/N-ethyl adjacent to an activating group) is 1. The second kappa shape index (κ2) is 8.01. The summed E-state index contributed by atoms with van der Waals surface area (Å²) in [4.78, 5) is 14.5. The molecule has 0 radical (unpaired) electrons. The van der Waals surface area contributed by atoms with Crippen molar-refractivity contribution in [1.29, 1.82) is 5.26 Å². The Labute approximate surface area is 152 Å². The van der Waals surface area contributed by atoms with E-state index >= 15 is 0 Å². The molecule has 8 nitrogen and oxygen atoms in total. The number of ether oxygens (including phenoxy) is 2. The largest absolute Gasteiger partial charge is 0.389 e. The lowest BCUT2D eigenvalue weighted by Gasteiger charge is -2.43. The fourth-order valence-corrected chi connectivity index (χ4v) is 3.60. The van der Waals surface area contributed by atoms with Crippen molar-refractivity contribution in [2.75, 3.05) is 25.0 Å². The number of fused-ring (bicyclic) bond motifs is 2. The Morgan fingerprint density at radius 1 is 1.42 bits per heavy atom. The molecule has 2 bridgehead atoms. The quantitative estimate of drug-likeness (QED) is 0.719. The number of rotatable bonds is 5. The third kappa shape index (κ3) is 3.66. The van der Waals surface area contributed by atoms with Crippen LogP contribution in [0, 0.1) is 11.3 Å². The summed E-state index contributed by atoms with van der Waals surface area (Å²) in [5.41, 5.74) is 0.964. The molecule has 5 atom stereocenters. The highest BCUT2D eigenvalue weighted by Crippen LogP contribution is 2.31. The van der Waals surface area contributed by atoms with Crippen molar-refractivity contribution in [3.8, 4) is 6.07 Å². The number of aliphatic hydroxyl groups is 1. The number of aliphatic hydroxyl groups excluding tert-OH is 1. The Balaban J connectivity index is 1.69. The van der Waals surface area contributed by atoms with E-state index in [9.17, 15) is 9.90 Å². The summed E-state index contributed by atoms with van der Waals surface area (Å²) in [6.45, 7) is 5.83. The van der Waals surface area contributed by atoms with Crippen molar-refractivity contribution in [2.24, 2.45) is 0 Å². The van der Waals surface area contributed by atoms with Gasteiger partial charge in [0.2, 0.25) is 0 Å². The molecule has 0 saturated carbocycles. The molecule has 0 spiro atoms. The third-order valence-electron chi connectivity index (χ3n) is 4.91. The summed E-state index contributed by atoms with van der Waals surface area (Å²) in [5.74, 6) is 0. The normalized spacial score (nSPS) is 30.0. The summed E-state index contributed by atoms with van der Waals surface area (Å²) in [7, 11) is 0. The maximum atomic E-state index is 12.4. The molecule has 2 amide bonds. The van der Waals surface area contributed by atoms with E-state index in [0.29, 0.717) is 17.9 Å². The molecule has 3 rings (SSSR count). The van der Waals surface area contributed by atoms with E-state index in [2.05, 4.69) is 15.5 Å². The Hall–Kier alpha value is -2.18. The minimum atomic E-state index is -0.808. The summed E-state index contributed by atoms with van der Waals surface area (Å²) in [6, 6.07) is 7.28. The molecule has 1 aromatic rings. The van der Waals surface area contributed by atoms with E-state index in [-0.39, 0.29) is 6.04 Å². The summed E-state index contributed by atoms with van der Waals surface area (Å²) in [5, 5.41) is 25.3. The van der Waals surface area contributed by atoms with Gasteiger partial charge in [0.05, 0.1) is 36.4 Å². The molecular weight excluding hydrogens is 336 g/mol. The first-order valence-electron chi connectivity index (χ1n) is 8.84. The highest BCUT2D eigenvalue weighted by atomic mass is 16.7. The zero-order valence-corrected chi connectivity index (χ0v) is 14.9. The SMILES string of the molecule is CCN(CC)[C@H]1[C@@H]2OC[C@@H](O2)[C@@H](NC(=O)Nc2cccc(C#N)c2)[C@@H]1O. The maximum Gasteiger partial charge on any atom is 0.319 e. The predicted octanol–water partition coefficient (Wildman–Crippen LogP) is 0.875. The third-order valence-corrected chi connectivity index (χ3v) is 4.91. The number of carbonyl (C=O) groups excluding carboxylic acids is 1. The number of hydrogen-bond acceptors (Lipinski definition) is 6. The standard InChI is InChI=1S/C18H24N4O4/c1-3-22(4-2)15-16(23)14(13-10-25-17(15)26-13)21-18(24)20-12-7-5-6-11(8-12)9-19/h5-8,13-17,23H,3-4,10H2,1-2H3,(H2,20,21,24)/t13-,14-,15-,16+,17-/m1/s1. The van der Waals surface area contributed by atoms with E-state index < -0.39 is 30.6 Å². The van der Waals surface area contributed by atoms with Crippen molar-refractivity contribution in [3.05, 3.63) is 29.8 Å². The monoisotopic (exact) mass is 360 g/mol. The minimum absolute atomic E-state index is 0.328. The van der Waals surface area contributed by atoms with E-state index in [1.54, 1.807) is 24.3 Å². The van der Waals surface area contributed by atoms with Gasteiger partial charge in [-0.15, -0.1) is 0 Å². The van der Waals surface area contributed by atoms with Gasteiger partial charge in [-0.05, 0) is 31.3 Å². The van der Waals surface area contributed by atoms with Crippen LogP contribution in [0.2, 0.25) is 0 Å². The molecule has 8 heteroatoms. The predicted molar refractivity (Wildman–Crippen MR) is 94.4 cm³/mol. The van der Waals surface area contributed by atoms with Crippen molar-refractivity contribution >= 4 is 11.7 Å². The van der Waals surface area contributed by atoms with Crippen molar-refractivity contribution in [3.63, 3.8) is 0 Å². The van der Waals surface area contributed by atoms with E-state index in [1.807, 2.05) is 19.9 Å². The van der Waals surface area contributed by atoms with Crippen LogP contribution in [0.25, 0.3) is 0 Å². The number of hydrogen-bond donors (Lipinski definition) is 3. The number of benzene rings is 1. The lowest BCUT2D eigenvalue weighted by molar-refractivity contribution is -0.179. The molecule has 2 fully saturated rings. The number of urea groups is 1. The number of nitrogens with one attached hydrogen (secondary N) is 2. The molecule has 0 aromatic heterocycles. The summed E-state index contributed by atoms with van der Waals surface area (Å²) in [6.07, 6.45) is -1.68. The van der Waals surface area contributed by atoms with Gasteiger partial charge in [-0.25, -0.2) is 4.79 Å². The summed E-state index contributed by atoms with van der Waals surface area (Å²) >= 11 is 0. The Kier molecular flexibility index (Phi) is 5.74. The number of carbonyl (C=O) groups is 1. The smallest absolute Gasteiger partial charge is 0.319 e. The summed E-state index contributed by atoms with van der Waals surface area (Å²) < 4.78 is 11.5. The molecule has 2 saturated heterocycles. The number of anilines is 1. The van der Waals surface area contributed by atoms with Crippen LogP contribution in [0.1, 0.15) is 19.4 Å². The highest BCUT2D eigenvalue weighted by molar-refractivity contribution is 5.89. The van der Waals surface area contributed by atoms with Crippen LogP contribution in [-0.2, 0) is 9.47 Å². The fraction of sp³-hybridized carbons (Fsp3) is 0.556. The molecular formula is C18H24N4O4. The van der Waals surface area contributed by atoms with Gasteiger partial charge in [-0.2, -0.15) is 5.26 Å². The van der Waals surface area contributed by atoms with Crippen molar-refractivity contribution < 1.29 is 19.4 Å². The van der Waals surface area contributed by atoms with Gasteiger partial charge in [0.1, 0.15) is 6.10 Å². The van der Waals surface area contributed by atoms with Crippen LogP contribution in [-0.4, -0.2) is 66.3 Å². The van der Waals surface area contributed by atoms with Gasteiger partial charge in [0.15, 0.2) is 6.29 Å². The molecule has 2 aliphatic heterocycles. The van der Waals surface area contributed by atoms with Crippen molar-refractivity contribution in [1.82, 2.24) is 10.2 Å². The van der Waals surface area contributed by atoms with Crippen LogP contribution in [0.3, 0.4) is 0 Å². The van der Waals surface area contributed by atoms with Gasteiger partial charge < -0.3 is 25.2 Å². The lowest BCUT2D eigenvalue weighted by atomic mass is 9.95. The number of nitriles is 1. The number of amides is 2. The van der Waals surface area contributed by atoms with E-state index in [4.69, 9.17) is 14.7 Å². The zero-order valence-electron chi connectivity index (χ0n) is 14.9. The molecule has 3 N–H and O–H groups in total. The fourth-order valence-electron chi connectivity index (χ4n) is 3.60. The highest BCUT2D eigenvalue weighted by Gasteiger charge is 2.52. The second-order valence-corrected chi connectivity index (χ2v) is 6.40. The first kappa shape index (κ1) is 18.6. The Bertz CT molecular complexity index is 686. The molecule has 26 heavy (non-hydrogen) atoms. The molecule has 0 unspecified atom stereocenters. The molecule has 140 valence electrons. The van der Waals surface area contributed by atoms with E-state index in [1.165, 1.54) is 0 Å². The van der Waals surface area contributed by atoms with Crippen LogP contribution in [0.15, 0.2) is 24.3 Å². The average molecular weight is 360 g/mol. The van der Waals surface area contributed by atoms with Crippen LogP contribution >= 0.6 is 0 Å². The molecule has 2 aliphatic rings. The van der Waals surface area contributed by atoms with Gasteiger partial charge in [0, 0.05) is 5.69 Å². The van der Waals surface area contributed by atoms with E-state index in [0.717, 1.165) is 13.1 Å². The maximum absolute atomic E-state index is 12.4. The minimum Gasteiger partial charge on any atom is -0.389 e. The number of nitrogens with zero attached hydrogens (tertiary/aromatic N) is 2. The average Bonchev–Trinajstić information content (AvgIpc) is 3.08. The second-order valence-electron chi connectivity index (χ2n) is 6.40. The van der Waals surface area contributed by atoms with Crippen molar-refractivity contribution in [2.45, 2.75) is 44.4 Å². The molecule has 2 heterocycles. The van der Waals surface area contributed by atoms with Crippen LogP contribution < -0.4 is 10.6 Å². The first-order valence-corrected chi connectivity index (χ1v) is 8.84. The van der Waals surface area contributed by atoms with Crippen LogP contribution in [0.4, 0.5) is 10.5 Å². The molecule has 0 aliphatic carbocycles. The lowest BCUT2D eigenvalue weighted by Crippen LogP contribution is -2.65. The molecule has 1 aromatic carbocycles. The first-order chi connectivity index (χ1) is 12.6. The van der Waals surface area contributed by atoms with Crippen LogP contribution in [0.5, 0.6) is 0 Å². The zero-order chi connectivity index (χ0) is 18.7. The topological polar surface area (TPSA) is 107 Å². The van der Waals surface area contributed by atoms with Gasteiger partial charge in [-0.1, -0.05) is 19.9 Å².